The van der Waals surface area contributed by atoms with Gasteiger partial charge in [0.2, 0.25) is 0 Å². The van der Waals surface area contributed by atoms with Crippen LogP contribution in [0.15, 0.2) is 24.3 Å². The van der Waals surface area contributed by atoms with Crippen LogP contribution in [0.3, 0.4) is 0 Å². The molecule has 0 heterocycles. The summed E-state index contributed by atoms with van der Waals surface area (Å²) >= 11 is 0. The fraction of sp³-hybridized carbons (Fsp3) is 0.538. The van der Waals surface area contributed by atoms with Gasteiger partial charge in [-0.15, -0.1) is 0 Å². The maximum Gasteiger partial charge on any atom is 0.0451 e. The molecule has 1 aromatic rings. The van der Waals surface area contributed by atoms with E-state index in [1.165, 1.54) is 11.1 Å². The van der Waals surface area contributed by atoms with Crippen molar-refractivity contribution in [1.82, 2.24) is 5.32 Å². The molecule has 2 heteroatoms. The van der Waals surface area contributed by atoms with Crippen LogP contribution in [0.2, 0.25) is 0 Å². The Balaban J connectivity index is 3.03. The Kier molecular flexibility index (Phi) is 4.30. The van der Waals surface area contributed by atoms with Crippen molar-refractivity contribution in [3.05, 3.63) is 35.4 Å². The molecule has 1 rings (SSSR count). The van der Waals surface area contributed by atoms with Gasteiger partial charge in [-0.1, -0.05) is 31.2 Å². The maximum atomic E-state index is 9.14. The molecule has 0 bridgehead atoms. The predicted octanol–water partition coefficient (Wildman–Crippen LogP) is 2.20. The molecule has 0 amide bonds. The van der Waals surface area contributed by atoms with Gasteiger partial charge < -0.3 is 10.4 Å². The standard InChI is InChI=1S/C13H21NO/c1-4-14-13(3,9-10-15)12-8-6-5-7-11(12)2/h5-8,14-15H,4,9-10H2,1-3H3. The van der Waals surface area contributed by atoms with Gasteiger partial charge in [-0.25, -0.2) is 0 Å². The Hall–Kier alpha value is -0.860. The minimum atomic E-state index is -0.116. The fourth-order valence-electron chi connectivity index (χ4n) is 2.12. The summed E-state index contributed by atoms with van der Waals surface area (Å²) in [6.07, 6.45) is 0.742. The lowest BCUT2D eigenvalue weighted by atomic mass is 9.86. The van der Waals surface area contributed by atoms with E-state index in [0.717, 1.165) is 13.0 Å². The summed E-state index contributed by atoms with van der Waals surface area (Å²) in [6.45, 7) is 7.47. The minimum Gasteiger partial charge on any atom is -0.396 e. The predicted molar refractivity (Wildman–Crippen MR) is 63.9 cm³/mol. The van der Waals surface area contributed by atoms with Gasteiger partial charge in [-0.05, 0) is 37.9 Å². The van der Waals surface area contributed by atoms with Crippen LogP contribution in [0.25, 0.3) is 0 Å². The van der Waals surface area contributed by atoms with Crippen LogP contribution < -0.4 is 5.32 Å². The van der Waals surface area contributed by atoms with Crippen molar-refractivity contribution in [2.45, 2.75) is 32.7 Å². The molecule has 1 unspecified atom stereocenters. The van der Waals surface area contributed by atoms with Crippen LogP contribution in [0.5, 0.6) is 0 Å². The largest absolute Gasteiger partial charge is 0.396 e. The fourth-order valence-corrected chi connectivity index (χ4v) is 2.12. The van der Waals surface area contributed by atoms with E-state index in [0.29, 0.717) is 0 Å². The molecular weight excluding hydrogens is 186 g/mol. The third kappa shape index (κ3) is 2.80. The molecule has 0 saturated carbocycles. The topological polar surface area (TPSA) is 32.3 Å². The molecule has 0 radical (unpaired) electrons. The van der Waals surface area contributed by atoms with Crippen LogP contribution >= 0.6 is 0 Å². The zero-order valence-corrected chi connectivity index (χ0v) is 9.88. The molecule has 0 aromatic heterocycles. The highest BCUT2D eigenvalue weighted by Gasteiger charge is 2.25. The van der Waals surface area contributed by atoms with Crippen molar-refractivity contribution in [2.24, 2.45) is 0 Å². The summed E-state index contributed by atoms with van der Waals surface area (Å²) in [5.74, 6) is 0. The Morgan fingerprint density at radius 3 is 2.53 bits per heavy atom. The van der Waals surface area contributed by atoms with E-state index < -0.39 is 0 Å². The second-order valence-electron chi connectivity index (χ2n) is 4.15. The lowest BCUT2D eigenvalue weighted by Gasteiger charge is -2.32. The van der Waals surface area contributed by atoms with Crippen LogP contribution in [-0.4, -0.2) is 18.3 Å². The Labute approximate surface area is 92.3 Å². The Morgan fingerprint density at radius 2 is 2.00 bits per heavy atom. The molecular formula is C13H21NO. The third-order valence-electron chi connectivity index (χ3n) is 2.92. The summed E-state index contributed by atoms with van der Waals surface area (Å²) in [5.41, 5.74) is 2.43. The van der Waals surface area contributed by atoms with Crippen molar-refractivity contribution < 1.29 is 5.11 Å². The Morgan fingerprint density at radius 1 is 1.33 bits per heavy atom. The molecule has 0 saturated heterocycles. The first kappa shape index (κ1) is 12.2. The molecule has 2 N–H and O–H groups in total. The SMILES string of the molecule is CCNC(C)(CCO)c1ccccc1C. The van der Waals surface area contributed by atoms with Crippen LogP contribution in [0, 0.1) is 6.92 Å². The summed E-state index contributed by atoms with van der Waals surface area (Å²) in [7, 11) is 0. The molecule has 1 atom stereocenters. The highest BCUT2D eigenvalue weighted by Crippen LogP contribution is 2.26. The van der Waals surface area contributed by atoms with Gasteiger partial charge >= 0.3 is 0 Å². The second kappa shape index (κ2) is 5.29. The monoisotopic (exact) mass is 207 g/mol. The number of hydrogen-bond acceptors (Lipinski definition) is 2. The molecule has 84 valence electrons. The molecule has 0 fully saturated rings. The highest BCUT2D eigenvalue weighted by molar-refractivity contribution is 5.32. The summed E-state index contributed by atoms with van der Waals surface area (Å²) in [5, 5.41) is 12.6. The van der Waals surface area contributed by atoms with Gasteiger partial charge in [0.15, 0.2) is 0 Å². The molecule has 2 nitrogen and oxygen atoms in total. The van der Waals surface area contributed by atoms with Crippen molar-refractivity contribution in [3.63, 3.8) is 0 Å². The zero-order valence-electron chi connectivity index (χ0n) is 9.88. The molecule has 0 aliphatic carbocycles. The number of aliphatic hydroxyl groups is 1. The highest BCUT2D eigenvalue weighted by atomic mass is 16.3. The van der Waals surface area contributed by atoms with E-state index in [2.05, 4.69) is 44.3 Å². The second-order valence-corrected chi connectivity index (χ2v) is 4.15. The van der Waals surface area contributed by atoms with Crippen molar-refractivity contribution >= 4 is 0 Å². The molecule has 1 aromatic carbocycles. The van der Waals surface area contributed by atoms with Gasteiger partial charge in [-0.3, -0.25) is 0 Å². The van der Waals surface area contributed by atoms with Gasteiger partial charge in [0, 0.05) is 12.1 Å². The first-order valence-electron chi connectivity index (χ1n) is 5.56. The first-order valence-corrected chi connectivity index (χ1v) is 5.56. The summed E-state index contributed by atoms with van der Waals surface area (Å²) in [4.78, 5) is 0. The minimum absolute atomic E-state index is 0.116. The summed E-state index contributed by atoms with van der Waals surface area (Å²) in [6, 6.07) is 8.34. The average molecular weight is 207 g/mol. The van der Waals surface area contributed by atoms with Gasteiger partial charge in [0.25, 0.3) is 0 Å². The number of rotatable bonds is 5. The Bertz CT molecular complexity index is 303. The number of aryl methyl sites for hydroxylation is 1. The molecule has 0 spiro atoms. The summed E-state index contributed by atoms with van der Waals surface area (Å²) < 4.78 is 0. The van der Waals surface area contributed by atoms with E-state index >= 15 is 0 Å². The molecule has 0 aliphatic rings. The molecule has 15 heavy (non-hydrogen) atoms. The van der Waals surface area contributed by atoms with Gasteiger partial charge in [0.1, 0.15) is 0 Å². The van der Waals surface area contributed by atoms with E-state index in [4.69, 9.17) is 5.11 Å². The number of benzene rings is 1. The zero-order chi connectivity index (χ0) is 11.3. The van der Waals surface area contributed by atoms with Crippen LogP contribution in [-0.2, 0) is 5.54 Å². The van der Waals surface area contributed by atoms with E-state index in [1.54, 1.807) is 0 Å². The van der Waals surface area contributed by atoms with Crippen molar-refractivity contribution in [3.8, 4) is 0 Å². The smallest absolute Gasteiger partial charge is 0.0451 e. The van der Waals surface area contributed by atoms with Crippen molar-refractivity contribution in [1.29, 1.82) is 0 Å². The van der Waals surface area contributed by atoms with E-state index in [-0.39, 0.29) is 12.1 Å². The quantitative estimate of drug-likeness (QED) is 0.776. The number of nitrogens with one attached hydrogen (secondary N) is 1. The number of hydrogen-bond donors (Lipinski definition) is 2. The first-order chi connectivity index (χ1) is 7.14. The van der Waals surface area contributed by atoms with Crippen LogP contribution in [0.4, 0.5) is 0 Å². The molecule has 0 aliphatic heterocycles. The third-order valence-corrected chi connectivity index (χ3v) is 2.92. The lowest BCUT2D eigenvalue weighted by Crippen LogP contribution is -2.40. The average Bonchev–Trinajstić information content (AvgIpc) is 2.19. The van der Waals surface area contributed by atoms with Crippen molar-refractivity contribution in [2.75, 3.05) is 13.2 Å². The van der Waals surface area contributed by atoms with Crippen LogP contribution in [0.1, 0.15) is 31.4 Å². The number of aliphatic hydroxyl groups excluding tert-OH is 1. The van der Waals surface area contributed by atoms with E-state index in [9.17, 15) is 0 Å². The van der Waals surface area contributed by atoms with E-state index in [1.807, 2.05) is 6.07 Å². The lowest BCUT2D eigenvalue weighted by molar-refractivity contribution is 0.222. The van der Waals surface area contributed by atoms with Gasteiger partial charge in [-0.2, -0.15) is 0 Å². The van der Waals surface area contributed by atoms with Gasteiger partial charge in [0.05, 0.1) is 0 Å². The maximum absolute atomic E-state index is 9.14. The normalized spacial score (nSPS) is 14.9.